The Kier molecular flexibility index (Phi) is 14.0. The maximum absolute atomic E-state index is 12.2. The van der Waals surface area contributed by atoms with E-state index in [2.05, 4.69) is 39.0 Å². The van der Waals surface area contributed by atoms with E-state index in [1.165, 1.54) is 16.7 Å². The van der Waals surface area contributed by atoms with Crippen molar-refractivity contribution < 1.29 is 14.7 Å². The molecule has 2 N–H and O–H groups in total. The molecule has 3 aromatic rings. The van der Waals surface area contributed by atoms with Crippen molar-refractivity contribution in [3.8, 4) is 16.6 Å². The average Bonchev–Trinajstić information content (AvgIpc) is 3.35. The number of carbonyl (C=O) groups excluding carboxylic acids is 2. The third-order valence-electron chi connectivity index (χ3n) is 3.45. The van der Waals surface area contributed by atoms with Crippen molar-refractivity contribution in [1.29, 1.82) is 5.26 Å². The van der Waals surface area contributed by atoms with Crippen molar-refractivity contribution in [1.82, 2.24) is 9.88 Å². The van der Waals surface area contributed by atoms with Gasteiger partial charge in [-0.2, -0.15) is 5.26 Å². The molecule has 0 unspecified atom stereocenters. The first-order chi connectivity index (χ1) is 15.9. The van der Waals surface area contributed by atoms with Gasteiger partial charge in [0, 0.05) is 24.3 Å². The highest BCUT2D eigenvalue weighted by molar-refractivity contribution is 14.1. The van der Waals surface area contributed by atoms with E-state index >= 15 is 0 Å². The second kappa shape index (κ2) is 16.2. The van der Waals surface area contributed by atoms with Crippen LogP contribution in [0.1, 0.15) is 12.5 Å². The molecule has 2 heterocycles. The summed E-state index contributed by atoms with van der Waals surface area (Å²) in [5.74, 6) is 0.0712. The summed E-state index contributed by atoms with van der Waals surface area (Å²) in [5.41, 5.74) is 2.08. The maximum atomic E-state index is 12.2. The Bertz CT molecular complexity index is 1050. The SMILES string of the molecule is CCO.CN(C)C=O.N#Cc1ccc(-c2cccs2)nc1SCC(=O)Nc1ccccc1I. The molecule has 2 aromatic heterocycles. The van der Waals surface area contributed by atoms with Crippen LogP contribution < -0.4 is 5.32 Å². The molecule has 10 heteroatoms. The fraction of sp³-hybridized carbons (Fsp3) is 0.217. The number of aromatic nitrogens is 1. The molecular formula is C23H25IN4O3S2. The molecule has 0 aliphatic heterocycles. The Morgan fingerprint density at radius 1 is 1.27 bits per heavy atom. The number of nitriles is 1. The van der Waals surface area contributed by atoms with Crippen molar-refractivity contribution in [2.45, 2.75) is 11.9 Å². The number of nitrogens with one attached hydrogen (secondary N) is 1. The molecular weight excluding hydrogens is 571 g/mol. The van der Waals surface area contributed by atoms with Gasteiger partial charge in [-0.25, -0.2) is 4.98 Å². The van der Waals surface area contributed by atoms with Crippen LogP contribution in [0.15, 0.2) is 58.9 Å². The number of nitrogens with zero attached hydrogens (tertiary/aromatic N) is 3. The number of pyridine rings is 1. The standard InChI is InChI=1S/C18H12IN3OS2.C3H7NO.C2H6O/c19-13-4-1-2-5-14(13)21-17(23)11-25-18-12(10-20)7-8-15(22-18)16-6-3-9-24-16;1-4(2)3-5;1-2-3/h1-9H,11H2,(H,21,23);3H,1-2H3;3H,2H2,1H3. The Labute approximate surface area is 216 Å². The number of carbonyl (C=O) groups is 2. The lowest BCUT2D eigenvalue weighted by Crippen LogP contribution is -2.15. The van der Waals surface area contributed by atoms with Crippen molar-refractivity contribution in [2.24, 2.45) is 0 Å². The van der Waals surface area contributed by atoms with Crippen LogP contribution in [0.3, 0.4) is 0 Å². The monoisotopic (exact) mass is 596 g/mol. The highest BCUT2D eigenvalue weighted by atomic mass is 127. The van der Waals surface area contributed by atoms with Crippen LogP contribution in [-0.4, -0.2) is 53.8 Å². The minimum absolute atomic E-state index is 0.124. The van der Waals surface area contributed by atoms with Crippen molar-refractivity contribution >= 4 is 63.7 Å². The number of thioether (sulfide) groups is 1. The molecule has 0 aliphatic rings. The first-order valence-corrected chi connectivity index (χ1v) is 12.6. The number of thiophene rings is 1. The van der Waals surface area contributed by atoms with E-state index in [0.29, 0.717) is 10.6 Å². The van der Waals surface area contributed by atoms with Gasteiger partial charge in [0.2, 0.25) is 12.3 Å². The summed E-state index contributed by atoms with van der Waals surface area (Å²) in [6.45, 7) is 1.93. The number of hydrogen-bond donors (Lipinski definition) is 2. The van der Waals surface area contributed by atoms with Gasteiger partial charge in [0.1, 0.15) is 11.1 Å². The maximum Gasteiger partial charge on any atom is 0.234 e. The van der Waals surface area contributed by atoms with Gasteiger partial charge < -0.3 is 15.3 Å². The van der Waals surface area contributed by atoms with Gasteiger partial charge in [-0.1, -0.05) is 30.0 Å². The lowest BCUT2D eigenvalue weighted by Gasteiger charge is -2.08. The summed E-state index contributed by atoms with van der Waals surface area (Å²) in [6, 6.07) is 17.3. The summed E-state index contributed by atoms with van der Waals surface area (Å²) in [7, 11) is 3.38. The average molecular weight is 597 g/mol. The number of halogens is 1. The highest BCUT2D eigenvalue weighted by Crippen LogP contribution is 2.28. The quantitative estimate of drug-likeness (QED) is 0.243. The summed E-state index contributed by atoms with van der Waals surface area (Å²) in [5, 5.41) is 22.3. The number of anilines is 1. The molecule has 0 saturated heterocycles. The topological polar surface area (TPSA) is 106 Å². The Morgan fingerprint density at radius 2 is 1.94 bits per heavy atom. The molecule has 174 valence electrons. The minimum atomic E-state index is -0.124. The predicted molar refractivity (Wildman–Crippen MR) is 143 cm³/mol. The van der Waals surface area contributed by atoms with Crippen LogP contribution in [0.5, 0.6) is 0 Å². The second-order valence-electron chi connectivity index (χ2n) is 6.34. The third-order valence-corrected chi connectivity index (χ3v) is 6.28. The fourth-order valence-electron chi connectivity index (χ4n) is 2.08. The van der Waals surface area contributed by atoms with Gasteiger partial charge in [-0.15, -0.1) is 11.3 Å². The molecule has 0 saturated carbocycles. The molecule has 0 bridgehead atoms. The third kappa shape index (κ3) is 10.8. The molecule has 0 spiro atoms. The Balaban J connectivity index is 0.000000591. The van der Waals surface area contributed by atoms with E-state index in [-0.39, 0.29) is 18.3 Å². The highest BCUT2D eigenvalue weighted by Gasteiger charge is 2.12. The minimum Gasteiger partial charge on any atom is -0.397 e. The van der Waals surface area contributed by atoms with Gasteiger partial charge in [0.05, 0.1) is 27.6 Å². The van der Waals surface area contributed by atoms with E-state index in [1.807, 2.05) is 47.8 Å². The molecule has 2 amide bonds. The molecule has 0 aliphatic carbocycles. The van der Waals surface area contributed by atoms with Gasteiger partial charge >= 0.3 is 0 Å². The summed E-state index contributed by atoms with van der Waals surface area (Å²) in [6.07, 6.45) is 0.750. The van der Waals surface area contributed by atoms with E-state index in [4.69, 9.17) is 5.11 Å². The van der Waals surface area contributed by atoms with E-state index in [1.54, 1.807) is 38.4 Å². The molecule has 0 atom stereocenters. The van der Waals surface area contributed by atoms with Crippen molar-refractivity contribution in [2.75, 3.05) is 31.8 Å². The first kappa shape index (κ1) is 28.6. The largest absolute Gasteiger partial charge is 0.397 e. The van der Waals surface area contributed by atoms with Gasteiger partial charge in [0.15, 0.2) is 0 Å². The lowest BCUT2D eigenvalue weighted by molar-refractivity contribution is -0.116. The molecule has 0 radical (unpaired) electrons. The normalized spacial score (nSPS) is 9.33. The smallest absolute Gasteiger partial charge is 0.234 e. The van der Waals surface area contributed by atoms with E-state index in [0.717, 1.165) is 26.2 Å². The number of para-hydroxylation sites is 1. The van der Waals surface area contributed by atoms with Crippen molar-refractivity contribution in [3.05, 3.63) is 63.0 Å². The van der Waals surface area contributed by atoms with Crippen LogP contribution in [0.2, 0.25) is 0 Å². The predicted octanol–water partition coefficient (Wildman–Crippen LogP) is 4.72. The van der Waals surface area contributed by atoms with Crippen LogP contribution in [-0.2, 0) is 9.59 Å². The number of rotatable bonds is 6. The van der Waals surface area contributed by atoms with E-state index < -0.39 is 0 Å². The summed E-state index contributed by atoms with van der Waals surface area (Å²) in [4.78, 5) is 28.7. The lowest BCUT2D eigenvalue weighted by atomic mass is 10.2. The Morgan fingerprint density at radius 3 is 2.48 bits per heavy atom. The van der Waals surface area contributed by atoms with Gasteiger partial charge in [-0.3, -0.25) is 9.59 Å². The number of hydrogen-bond acceptors (Lipinski definition) is 7. The molecule has 33 heavy (non-hydrogen) atoms. The summed E-state index contributed by atoms with van der Waals surface area (Å²) >= 11 is 5.04. The fourth-order valence-corrected chi connectivity index (χ4v) is 4.07. The van der Waals surface area contributed by atoms with Gasteiger partial charge in [-0.05, 0) is 65.2 Å². The van der Waals surface area contributed by atoms with Gasteiger partial charge in [0.25, 0.3) is 0 Å². The van der Waals surface area contributed by atoms with Crippen LogP contribution in [0.25, 0.3) is 10.6 Å². The zero-order chi connectivity index (χ0) is 24.6. The number of benzene rings is 1. The number of amides is 2. The second-order valence-corrected chi connectivity index (χ2v) is 9.41. The molecule has 3 rings (SSSR count). The summed E-state index contributed by atoms with van der Waals surface area (Å²) < 4.78 is 0.981. The molecule has 7 nitrogen and oxygen atoms in total. The first-order valence-electron chi connectivity index (χ1n) is 9.71. The zero-order valence-electron chi connectivity index (χ0n) is 18.5. The number of aliphatic hydroxyl groups excluding tert-OH is 1. The van der Waals surface area contributed by atoms with Crippen LogP contribution in [0, 0.1) is 14.9 Å². The molecule has 1 aromatic carbocycles. The Hall–Kier alpha value is -2.46. The zero-order valence-corrected chi connectivity index (χ0v) is 22.3. The van der Waals surface area contributed by atoms with Crippen LogP contribution >= 0.6 is 45.7 Å². The van der Waals surface area contributed by atoms with Crippen LogP contribution in [0.4, 0.5) is 5.69 Å². The van der Waals surface area contributed by atoms with Crippen molar-refractivity contribution in [3.63, 3.8) is 0 Å². The molecule has 0 fully saturated rings. The number of aliphatic hydroxyl groups is 1. The van der Waals surface area contributed by atoms with E-state index in [9.17, 15) is 14.9 Å².